The molecule has 0 saturated heterocycles. The fraction of sp³-hybridized carbons (Fsp3) is 0.467. The summed E-state index contributed by atoms with van der Waals surface area (Å²) < 4.78 is 7.10. The Balaban J connectivity index is 0.00000208. The molecule has 130 valence electrons. The van der Waals surface area contributed by atoms with E-state index >= 15 is 0 Å². The Hall–Kier alpha value is -2.19. The Bertz CT molecular complexity index is 701. The molecule has 8 nitrogen and oxygen atoms in total. The standard InChI is InChI=1S/C15H20N6O2.ClH/c1-16-8-7-14(22)17-11-5-6-13(23-2)12(9-11)21-15(10-3-4-10)18-19-20-21;/h5-6,9-10,16H,3-4,7-8H2,1-2H3,(H,17,22);1H. The number of tetrazole rings is 1. The van der Waals surface area contributed by atoms with E-state index in [9.17, 15) is 4.79 Å². The van der Waals surface area contributed by atoms with E-state index in [1.165, 1.54) is 0 Å². The highest BCUT2D eigenvalue weighted by molar-refractivity contribution is 5.91. The number of hydrogen-bond donors (Lipinski definition) is 2. The van der Waals surface area contributed by atoms with Crippen LogP contribution in [0.5, 0.6) is 5.75 Å². The number of benzene rings is 1. The number of ether oxygens (including phenoxy) is 1. The predicted octanol–water partition coefficient (Wildman–Crippen LogP) is 1.52. The lowest BCUT2D eigenvalue weighted by atomic mass is 10.2. The molecule has 3 rings (SSSR count). The Kier molecular flexibility index (Phi) is 6.10. The van der Waals surface area contributed by atoms with Crippen molar-refractivity contribution < 1.29 is 9.53 Å². The van der Waals surface area contributed by atoms with Crippen molar-refractivity contribution in [3.05, 3.63) is 24.0 Å². The number of carbonyl (C=O) groups is 1. The van der Waals surface area contributed by atoms with E-state index in [0.717, 1.165) is 24.4 Å². The van der Waals surface area contributed by atoms with Crippen LogP contribution in [0.25, 0.3) is 5.69 Å². The molecule has 0 unspecified atom stereocenters. The third kappa shape index (κ3) is 4.01. The van der Waals surface area contributed by atoms with Crippen LogP contribution in [0.3, 0.4) is 0 Å². The zero-order valence-corrected chi connectivity index (χ0v) is 14.5. The zero-order valence-electron chi connectivity index (χ0n) is 13.7. The minimum absolute atomic E-state index is 0. The number of hydrogen-bond acceptors (Lipinski definition) is 6. The Labute approximate surface area is 146 Å². The van der Waals surface area contributed by atoms with Crippen molar-refractivity contribution in [1.82, 2.24) is 25.5 Å². The van der Waals surface area contributed by atoms with Crippen LogP contribution in [0.2, 0.25) is 0 Å². The Morgan fingerprint density at radius 3 is 2.88 bits per heavy atom. The monoisotopic (exact) mass is 352 g/mol. The first kappa shape index (κ1) is 18.2. The first-order valence-corrected chi connectivity index (χ1v) is 7.64. The van der Waals surface area contributed by atoms with Gasteiger partial charge >= 0.3 is 0 Å². The molecule has 0 bridgehead atoms. The second-order valence-corrected chi connectivity index (χ2v) is 5.51. The maximum absolute atomic E-state index is 11.9. The predicted molar refractivity (Wildman–Crippen MR) is 92.1 cm³/mol. The smallest absolute Gasteiger partial charge is 0.225 e. The van der Waals surface area contributed by atoms with E-state index in [4.69, 9.17) is 4.74 Å². The van der Waals surface area contributed by atoms with Crippen molar-refractivity contribution in [3.8, 4) is 11.4 Å². The fourth-order valence-electron chi connectivity index (χ4n) is 2.36. The summed E-state index contributed by atoms with van der Waals surface area (Å²) in [6.07, 6.45) is 2.61. The molecule has 1 fully saturated rings. The summed E-state index contributed by atoms with van der Waals surface area (Å²) in [6, 6.07) is 5.44. The molecular formula is C15H21ClN6O2. The summed E-state index contributed by atoms with van der Waals surface area (Å²) in [6.45, 7) is 0.633. The summed E-state index contributed by atoms with van der Waals surface area (Å²) >= 11 is 0. The summed E-state index contributed by atoms with van der Waals surface area (Å²) in [7, 11) is 3.42. The summed E-state index contributed by atoms with van der Waals surface area (Å²) in [5.41, 5.74) is 1.42. The molecule has 0 radical (unpaired) electrons. The summed E-state index contributed by atoms with van der Waals surface area (Å²) in [5.74, 6) is 1.85. The zero-order chi connectivity index (χ0) is 16.2. The Morgan fingerprint density at radius 2 is 2.21 bits per heavy atom. The molecule has 0 atom stereocenters. The molecule has 1 heterocycles. The number of halogens is 1. The van der Waals surface area contributed by atoms with Gasteiger partial charge in [-0.15, -0.1) is 17.5 Å². The second-order valence-electron chi connectivity index (χ2n) is 5.51. The highest BCUT2D eigenvalue weighted by atomic mass is 35.5. The molecular weight excluding hydrogens is 332 g/mol. The van der Waals surface area contributed by atoms with Crippen LogP contribution in [0.15, 0.2) is 18.2 Å². The van der Waals surface area contributed by atoms with E-state index in [0.29, 0.717) is 30.3 Å². The third-order valence-electron chi connectivity index (χ3n) is 3.73. The molecule has 0 aliphatic heterocycles. The van der Waals surface area contributed by atoms with Crippen LogP contribution in [-0.4, -0.2) is 46.8 Å². The number of nitrogens with one attached hydrogen (secondary N) is 2. The average molecular weight is 353 g/mol. The first-order chi connectivity index (χ1) is 11.2. The average Bonchev–Trinajstić information content (AvgIpc) is 3.29. The van der Waals surface area contributed by atoms with Crippen LogP contribution in [0.4, 0.5) is 5.69 Å². The number of carbonyl (C=O) groups excluding carboxylic acids is 1. The normalized spacial score (nSPS) is 13.2. The largest absolute Gasteiger partial charge is 0.494 e. The van der Waals surface area contributed by atoms with Gasteiger partial charge in [-0.05, 0) is 48.5 Å². The van der Waals surface area contributed by atoms with E-state index < -0.39 is 0 Å². The van der Waals surface area contributed by atoms with Crippen molar-refractivity contribution in [2.45, 2.75) is 25.2 Å². The van der Waals surface area contributed by atoms with Gasteiger partial charge in [0.25, 0.3) is 0 Å². The lowest BCUT2D eigenvalue weighted by Gasteiger charge is -2.12. The van der Waals surface area contributed by atoms with Crippen molar-refractivity contribution in [2.24, 2.45) is 0 Å². The molecule has 2 N–H and O–H groups in total. The molecule has 1 aliphatic rings. The SMILES string of the molecule is CNCCC(=O)Nc1ccc(OC)c(-n2nnnc2C2CC2)c1.Cl. The van der Waals surface area contributed by atoms with Gasteiger partial charge in [0.05, 0.1) is 7.11 Å². The van der Waals surface area contributed by atoms with Gasteiger partial charge in [-0.3, -0.25) is 4.79 Å². The van der Waals surface area contributed by atoms with E-state index in [1.54, 1.807) is 23.9 Å². The minimum Gasteiger partial charge on any atom is -0.494 e. The lowest BCUT2D eigenvalue weighted by molar-refractivity contribution is -0.116. The van der Waals surface area contributed by atoms with Crippen molar-refractivity contribution in [1.29, 1.82) is 0 Å². The van der Waals surface area contributed by atoms with Gasteiger partial charge < -0.3 is 15.4 Å². The minimum atomic E-state index is -0.0467. The maximum atomic E-state index is 11.9. The summed E-state index contributed by atoms with van der Waals surface area (Å²) in [5, 5.41) is 17.8. The molecule has 9 heteroatoms. The highest BCUT2D eigenvalue weighted by Gasteiger charge is 2.30. The van der Waals surface area contributed by atoms with Crippen LogP contribution in [-0.2, 0) is 4.79 Å². The van der Waals surface area contributed by atoms with Gasteiger partial charge in [0.15, 0.2) is 5.82 Å². The number of methoxy groups -OCH3 is 1. The Morgan fingerprint density at radius 1 is 1.42 bits per heavy atom. The molecule has 1 aromatic heterocycles. The second kappa shape index (κ2) is 8.07. The van der Waals surface area contributed by atoms with Crippen molar-refractivity contribution in [2.75, 3.05) is 26.0 Å². The first-order valence-electron chi connectivity index (χ1n) is 7.64. The quantitative estimate of drug-likeness (QED) is 0.784. The van der Waals surface area contributed by atoms with Crippen LogP contribution in [0, 0.1) is 0 Å². The molecule has 1 saturated carbocycles. The van der Waals surface area contributed by atoms with Gasteiger partial charge in [0, 0.05) is 24.6 Å². The number of amides is 1. The van der Waals surface area contributed by atoms with Gasteiger partial charge in [-0.1, -0.05) is 0 Å². The van der Waals surface area contributed by atoms with Crippen LogP contribution >= 0.6 is 12.4 Å². The lowest BCUT2D eigenvalue weighted by Crippen LogP contribution is -2.18. The van der Waals surface area contributed by atoms with Crippen molar-refractivity contribution in [3.63, 3.8) is 0 Å². The van der Waals surface area contributed by atoms with E-state index in [1.807, 2.05) is 13.1 Å². The molecule has 24 heavy (non-hydrogen) atoms. The third-order valence-corrected chi connectivity index (χ3v) is 3.73. The molecule has 1 aromatic carbocycles. The van der Waals surface area contributed by atoms with Crippen LogP contribution in [0.1, 0.15) is 31.0 Å². The van der Waals surface area contributed by atoms with Gasteiger partial charge in [-0.25, -0.2) is 0 Å². The molecule has 2 aromatic rings. The molecule has 1 amide bonds. The number of nitrogens with zero attached hydrogens (tertiary/aromatic N) is 4. The number of rotatable bonds is 7. The molecule has 1 aliphatic carbocycles. The van der Waals surface area contributed by atoms with Gasteiger partial charge in [0.2, 0.25) is 5.91 Å². The number of anilines is 1. The highest BCUT2D eigenvalue weighted by Crippen LogP contribution is 2.40. The topological polar surface area (TPSA) is 94.0 Å². The molecule has 0 spiro atoms. The van der Waals surface area contributed by atoms with Gasteiger partial charge in [0.1, 0.15) is 11.4 Å². The van der Waals surface area contributed by atoms with Crippen LogP contribution < -0.4 is 15.4 Å². The number of aromatic nitrogens is 4. The van der Waals surface area contributed by atoms with E-state index in [2.05, 4.69) is 26.2 Å². The summed E-state index contributed by atoms with van der Waals surface area (Å²) in [4.78, 5) is 11.9. The fourth-order valence-corrected chi connectivity index (χ4v) is 2.36. The van der Waals surface area contributed by atoms with E-state index in [-0.39, 0.29) is 18.3 Å². The maximum Gasteiger partial charge on any atom is 0.225 e. The van der Waals surface area contributed by atoms with Crippen molar-refractivity contribution >= 4 is 24.0 Å². The van der Waals surface area contributed by atoms with Gasteiger partial charge in [-0.2, -0.15) is 4.68 Å².